The Labute approximate surface area is 160 Å². The van der Waals surface area contributed by atoms with Crippen LogP contribution in [-0.2, 0) is 4.79 Å². The molecular weight excluding hydrogens is 348 g/mol. The van der Waals surface area contributed by atoms with E-state index in [4.69, 9.17) is 0 Å². The molecule has 8 nitrogen and oxygen atoms in total. The first kappa shape index (κ1) is 21.2. The lowest BCUT2D eigenvalue weighted by Crippen LogP contribution is -2.66. The second kappa shape index (κ2) is 8.29. The van der Waals surface area contributed by atoms with Gasteiger partial charge in [-0.15, -0.1) is 0 Å². The van der Waals surface area contributed by atoms with Crippen LogP contribution < -0.4 is 10.6 Å². The number of hydrogen-bond acceptors (Lipinski definition) is 4. The van der Waals surface area contributed by atoms with Gasteiger partial charge in [-0.25, -0.2) is 9.48 Å². The standard InChI is InChI=1S/C19H32N4O4/c1-5-6-11-19(18(2,3)4,22-17(26)27)15(24)16(25)21-14-10-12-20-23(14)13-8-7-9-13/h10,12-13,15,22,24H,5-9,11H2,1-4H3,(H,21,25)(H,26,27)/t15-,19?/m0/s1. The predicted molar refractivity (Wildman–Crippen MR) is 103 cm³/mol. The Kier molecular flexibility index (Phi) is 6.51. The van der Waals surface area contributed by atoms with Crippen molar-refractivity contribution >= 4 is 17.8 Å². The summed E-state index contributed by atoms with van der Waals surface area (Å²) in [6, 6.07) is 1.95. The monoisotopic (exact) mass is 380 g/mol. The third kappa shape index (κ3) is 4.43. The molecule has 1 aliphatic rings. The van der Waals surface area contributed by atoms with Crippen LogP contribution in [0.5, 0.6) is 0 Å². The van der Waals surface area contributed by atoms with Crippen LogP contribution in [0.15, 0.2) is 12.3 Å². The minimum atomic E-state index is -1.54. The highest BCUT2D eigenvalue weighted by atomic mass is 16.4. The zero-order chi connectivity index (χ0) is 20.2. The first-order chi connectivity index (χ1) is 12.6. The lowest BCUT2D eigenvalue weighted by atomic mass is 9.67. The van der Waals surface area contributed by atoms with Crippen LogP contribution in [0.2, 0.25) is 0 Å². The maximum absolute atomic E-state index is 12.9. The zero-order valence-electron chi connectivity index (χ0n) is 16.7. The summed E-state index contributed by atoms with van der Waals surface area (Å²) >= 11 is 0. The fourth-order valence-corrected chi connectivity index (χ4v) is 3.64. The van der Waals surface area contributed by atoms with Gasteiger partial charge in [-0.3, -0.25) is 4.79 Å². The van der Waals surface area contributed by atoms with Gasteiger partial charge in [0.25, 0.3) is 5.91 Å². The average molecular weight is 380 g/mol. The molecule has 1 unspecified atom stereocenters. The number of aliphatic hydroxyl groups is 1. The molecule has 0 aliphatic heterocycles. The van der Waals surface area contributed by atoms with Crippen LogP contribution in [0, 0.1) is 5.41 Å². The van der Waals surface area contributed by atoms with Crippen molar-refractivity contribution in [2.24, 2.45) is 5.41 Å². The Morgan fingerprint density at radius 3 is 2.52 bits per heavy atom. The highest BCUT2D eigenvalue weighted by Crippen LogP contribution is 2.39. The second-order valence-corrected chi connectivity index (χ2v) is 8.39. The van der Waals surface area contributed by atoms with Crippen LogP contribution >= 0.6 is 0 Å². The van der Waals surface area contributed by atoms with E-state index in [1.807, 2.05) is 27.7 Å². The molecule has 27 heavy (non-hydrogen) atoms. The van der Waals surface area contributed by atoms with Crippen LogP contribution in [0.25, 0.3) is 0 Å². The molecule has 8 heteroatoms. The first-order valence-corrected chi connectivity index (χ1v) is 9.66. The lowest BCUT2D eigenvalue weighted by Gasteiger charge is -2.47. The van der Waals surface area contributed by atoms with Crippen molar-refractivity contribution < 1.29 is 19.8 Å². The van der Waals surface area contributed by atoms with E-state index in [1.165, 1.54) is 0 Å². The first-order valence-electron chi connectivity index (χ1n) is 9.66. The van der Waals surface area contributed by atoms with E-state index in [2.05, 4.69) is 15.7 Å². The highest BCUT2D eigenvalue weighted by molar-refractivity contribution is 5.94. The molecule has 1 aromatic heterocycles. The molecule has 2 rings (SSSR count). The summed E-state index contributed by atoms with van der Waals surface area (Å²) < 4.78 is 1.77. The maximum atomic E-state index is 12.9. The number of aromatic nitrogens is 2. The van der Waals surface area contributed by atoms with E-state index in [0.29, 0.717) is 18.7 Å². The van der Waals surface area contributed by atoms with E-state index >= 15 is 0 Å². The minimum Gasteiger partial charge on any atom is -0.465 e. The Morgan fingerprint density at radius 2 is 2.04 bits per heavy atom. The van der Waals surface area contributed by atoms with Crippen molar-refractivity contribution in [1.29, 1.82) is 0 Å². The van der Waals surface area contributed by atoms with Gasteiger partial charge in [-0.1, -0.05) is 40.5 Å². The molecule has 0 radical (unpaired) electrons. The van der Waals surface area contributed by atoms with Gasteiger partial charge in [0.1, 0.15) is 5.82 Å². The number of amides is 2. The smallest absolute Gasteiger partial charge is 0.405 e. The molecule has 1 aromatic rings. The number of anilines is 1. The van der Waals surface area contributed by atoms with E-state index in [-0.39, 0.29) is 6.04 Å². The number of carbonyl (C=O) groups is 2. The molecule has 0 spiro atoms. The number of carbonyl (C=O) groups excluding carboxylic acids is 1. The molecule has 1 heterocycles. The molecule has 4 N–H and O–H groups in total. The third-order valence-corrected chi connectivity index (χ3v) is 5.65. The van der Waals surface area contributed by atoms with E-state index in [0.717, 1.165) is 25.7 Å². The normalized spacial score (nSPS) is 18.3. The number of nitrogens with zero attached hydrogens (tertiary/aromatic N) is 2. The summed E-state index contributed by atoms with van der Waals surface area (Å²) in [7, 11) is 0. The Bertz CT molecular complexity index is 663. The Balaban J connectivity index is 2.27. The van der Waals surface area contributed by atoms with Crippen molar-refractivity contribution in [2.75, 3.05) is 5.32 Å². The predicted octanol–water partition coefficient (Wildman–Crippen LogP) is 3.15. The SMILES string of the molecule is CCCCC(NC(=O)O)([C@@H](O)C(=O)Nc1ccnn1C1CCC1)C(C)(C)C. The fourth-order valence-electron chi connectivity index (χ4n) is 3.64. The van der Waals surface area contributed by atoms with E-state index in [9.17, 15) is 19.8 Å². The maximum Gasteiger partial charge on any atom is 0.405 e. The average Bonchev–Trinajstić information content (AvgIpc) is 2.95. The molecule has 0 saturated heterocycles. The van der Waals surface area contributed by atoms with Crippen LogP contribution in [0.3, 0.4) is 0 Å². The summed E-state index contributed by atoms with van der Waals surface area (Å²) in [6.45, 7) is 7.47. The summed E-state index contributed by atoms with van der Waals surface area (Å²) in [5.41, 5.74) is -1.98. The number of rotatable bonds is 8. The summed E-state index contributed by atoms with van der Waals surface area (Å²) in [5, 5.41) is 29.8. The summed E-state index contributed by atoms with van der Waals surface area (Å²) in [5.74, 6) is -0.103. The van der Waals surface area contributed by atoms with Crippen LogP contribution in [0.4, 0.5) is 10.6 Å². The number of unbranched alkanes of at least 4 members (excludes halogenated alkanes) is 1. The van der Waals surface area contributed by atoms with Gasteiger partial charge >= 0.3 is 6.09 Å². The van der Waals surface area contributed by atoms with Crippen molar-refractivity contribution in [3.63, 3.8) is 0 Å². The zero-order valence-corrected chi connectivity index (χ0v) is 16.7. The van der Waals surface area contributed by atoms with Gasteiger partial charge in [0.2, 0.25) is 0 Å². The van der Waals surface area contributed by atoms with Gasteiger partial charge in [0, 0.05) is 6.07 Å². The number of nitrogens with one attached hydrogen (secondary N) is 2. The molecule has 1 saturated carbocycles. The van der Waals surface area contributed by atoms with Crippen molar-refractivity contribution in [3.05, 3.63) is 12.3 Å². The minimum absolute atomic E-state index is 0.261. The Hall–Kier alpha value is -2.09. The Morgan fingerprint density at radius 1 is 1.37 bits per heavy atom. The van der Waals surface area contributed by atoms with Crippen molar-refractivity contribution in [2.45, 2.75) is 83.9 Å². The van der Waals surface area contributed by atoms with Crippen LogP contribution in [-0.4, -0.2) is 43.6 Å². The third-order valence-electron chi connectivity index (χ3n) is 5.65. The molecule has 0 aromatic carbocycles. The lowest BCUT2D eigenvalue weighted by molar-refractivity contribution is -0.132. The second-order valence-electron chi connectivity index (χ2n) is 8.39. The molecule has 2 amide bonds. The molecular formula is C19H32N4O4. The van der Waals surface area contributed by atoms with Crippen molar-refractivity contribution in [3.8, 4) is 0 Å². The van der Waals surface area contributed by atoms with Gasteiger partial charge in [-0.05, 0) is 31.1 Å². The van der Waals surface area contributed by atoms with Gasteiger partial charge in [0.05, 0.1) is 17.8 Å². The van der Waals surface area contributed by atoms with Crippen molar-refractivity contribution in [1.82, 2.24) is 15.1 Å². The number of hydrogen-bond donors (Lipinski definition) is 4. The molecule has 152 valence electrons. The van der Waals surface area contributed by atoms with E-state index < -0.39 is 29.1 Å². The topological polar surface area (TPSA) is 116 Å². The summed E-state index contributed by atoms with van der Waals surface area (Å²) in [4.78, 5) is 24.4. The quantitative estimate of drug-likeness (QED) is 0.553. The molecule has 2 atom stereocenters. The van der Waals surface area contributed by atoms with Gasteiger partial charge in [0.15, 0.2) is 6.10 Å². The van der Waals surface area contributed by atoms with E-state index in [1.54, 1.807) is 16.9 Å². The summed E-state index contributed by atoms with van der Waals surface area (Å²) in [6.07, 6.45) is 3.83. The molecule has 1 fully saturated rings. The largest absolute Gasteiger partial charge is 0.465 e. The van der Waals surface area contributed by atoms with Crippen LogP contribution in [0.1, 0.15) is 72.3 Å². The molecule has 0 bridgehead atoms. The van der Waals surface area contributed by atoms with Gasteiger partial charge in [-0.2, -0.15) is 5.10 Å². The highest BCUT2D eigenvalue weighted by Gasteiger charge is 2.51. The fraction of sp³-hybridized carbons (Fsp3) is 0.737. The number of aliphatic hydroxyl groups excluding tert-OH is 1. The number of carboxylic acid groups (broad SMARTS) is 1. The van der Waals surface area contributed by atoms with Gasteiger partial charge < -0.3 is 20.8 Å². The molecule has 1 aliphatic carbocycles.